The minimum absolute atomic E-state index is 0.0483. The largest absolute Gasteiger partial charge is 0.761 e. The van der Waals surface area contributed by atoms with Gasteiger partial charge in [-0.2, -0.15) is 4.90 Å². The van der Waals surface area contributed by atoms with Gasteiger partial charge in [-0.25, -0.2) is 5.23 Å². The van der Waals surface area contributed by atoms with Crippen LogP contribution in [0.1, 0.15) is 16.7 Å². The van der Waals surface area contributed by atoms with Gasteiger partial charge in [-0.15, -0.1) is 4.58 Å². The van der Waals surface area contributed by atoms with Gasteiger partial charge in [-0.1, -0.05) is 23.8 Å². The summed E-state index contributed by atoms with van der Waals surface area (Å²) in [7, 11) is 0. The number of nitrogens with zero attached hydrogens (tertiary/aromatic N) is 2. The average Bonchev–Trinajstić information content (AvgIpc) is 2.96. The molecule has 6 nitrogen and oxygen atoms in total. The van der Waals surface area contributed by atoms with E-state index in [4.69, 9.17) is 5.21 Å². The molecule has 25 heavy (non-hydrogen) atoms. The Morgan fingerprint density at radius 1 is 1.20 bits per heavy atom. The second-order valence-electron chi connectivity index (χ2n) is 6.41. The third-order valence-electron chi connectivity index (χ3n) is 4.33. The van der Waals surface area contributed by atoms with Crippen molar-refractivity contribution < 1.29 is 19.5 Å². The first-order valence-electron chi connectivity index (χ1n) is 8.05. The highest BCUT2D eigenvalue weighted by atomic mass is 16.8. The fourth-order valence-electron chi connectivity index (χ4n) is 3.33. The predicted molar refractivity (Wildman–Crippen MR) is 94.1 cm³/mol. The van der Waals surface area contributed by atoms with Crippen molar-refractivity contribution in [3.05, 3.63) is 76.3 Å². The topological polar surface area (TPSA) is 71.1 Å². The van der Waals surface area contributed by atoms with Crippen molar-refractivity contribution in [3.63, 3.8) is 0 Å². The van der Waals surface area contributed by atoms with Crippen LogP contribution in [0.25, 0.3) is 0 Å². The Morgan fingerprint density at radius 2 is 1.88 bits per heavy atom. The zero-order valence-electron chi connectivity index (χ0n) is 14.5. The first-order valence-corrected chi connectivity index (χ1v) is 8.05. The Kier molecular flexibility index (Phi) is 4.78. The smallest absolute Gasteiger partial charge is 0.340 e. The molecule has 0 fully saturated rings. The van der Waals surface area contributed by atoms with Crippen LogP contribution in [0.4, 0.5) is 5.69 Å². The van der Waals surface area contributed by atoms with Gasteiger partial charge in [-0.3, -0.25) is 4.79 Å². The minimum atomic E-state index is -0.233. The zero-order valence-corrected chi connectivity index (χ0v) is 14.5. The lowest BCUT2D eigenvalue weighted by atomic mass is 10.0. The molecule has 1 atom stereocenters. The van der Waals surface area contributed by atoms with E-state index in [9.17, 15) is 10.0 Å². The molecule has 3 rings (SSSR count). The van der Waals surface area contributed by atoms with E-state index in [2.05, 4.69) is 32.9 Å². The molecule has 0 bridgehead atoms. The second-order valence-corrected chi connectivity index (χ2v) is 6.41. The van der Waals surface area contributed by atoms with E-state index in [0.717, 1.165) is 4.90 Å². The van der Waals surface area contributed by atoms with Gasteiger partial charge in [0.15, 0.2) is 24.2 Å². The molecule has 0 amide bonds. The van der Waals surface area contributed by atoms with E-state index >= 15 is 0 Å². The average molecular weight is 339 g/mol. The van der Waals surface area contributed by atoms with Gasteiger partial charge < -0.3 is 10.4 Å². The van der Waals surface area contributed by atoms with Crippen molar-refractivity contribution >= 4 is 17.8 Å². The van der Waals surface area contributed by atoms with E-state index in [1.807, 2.05) is 23.3 Å². The zero-order chi connectivity index (χ0) is 18.1. The van der Waals surface area contributed by atoms with Crippen LogP contribution in [0.2, 0.25) is 0 Å². The fraction of sp³-hybridized carbons (Fsp3) is 0.211. The quantitative estimate of drug-likeness (QED) is 0.643. The van der Waals surface area contributed by atoms with Crippen LogP contribution in [0.3, 0.4) is 0 Å². The number of allylic oxidation sites excluding steroid dienone is 1. The summed E-state index contributed by atoms with van der Waals surface area (Å²) in [5.41, 5.74) is 5.30. The summed E-state index contributed by atoms with van der Waals surface area (Å²) in [5.74, 6) is -0.163. The normalized spacial score (nSPS) is 20.4. The third kappa shape index (κ3) is 3.67. The van der Waals surface area contributed by atoms with Gasteiger partial charge in [0.2, 0.25) is 6.20 Å². The molecule has 6 heteroatoms. The second kappa shape index (κ2) is 6.85. The van der Waals surface area contributed by atoms with Gasteiger partial charge in [0.25, 0.3) is 0 Å². The van der Waals surface area contributed by atoms with Gasteiger partial charge >= 0.3 is 6.34 Å². The highest BCUT2D eigenvalue weighted by Crippen LogP contribution is 2.20. The molecule has 129 valence electrons. The van der Waals surface area contributed by atoms with E-state index in [0.29, 0.717) is 12.1 Å². The maximum absolute atomic E-state index is 12.0. The Hall–Kier alpha value is -2.38. The number of hydrogen-bond acceptors (Lipinski definition) is 4. The van der Waals surface area contributed by atoms with Gasteiger partial charge in [0, 0.05) is 11.1 Å². The Morgan fingerprint density at radius 3 is 2.52 bits per heavy atom. The Balaban J connectivity index is 1.82. The van der Waals surface area contributed by atoms with Crippen LogP contribution in [0, 0.1) is 32.0 Å². The third-order valence-corrected chi connectivity index (χ3v) is 4.33. The van der Waals surface area contributed by atoms with E-state index in [1.165, 1.54) is 40.6 Å². The summed E-state index contributed by atoms with van der Waals surface area (Å²) in [6.07, 6.45) is 9.94. The highest BCUT2D eigenvalue weighted by Gasteiger charge is 2.27. The van der Waals surface area contributed by atoms with Crippen LogP contribution in [0.15, 0.2) is 48.3 Å². The maximum Gasteiger partial charge on any atom is 0.340 e. The van der Waals surface area contributed by atoms with Crippen LogP contribution < -0.4 is 4.90 Å². The fourth-order valence-corrected chi connectivity index (χ4v) is 3.33. The van der Waals surface area contributed by atoms with Crippen LogP contribution >= 0.6 is 0 Å². The summed E-state index contributed by atoms with van der Waals surface area (Å²) in [6, 6.07) is 4.36. The maximum atomic E-state index is 12.0. The molecule has 1 aromatic rings. The van der Waals surface area contributed by atoms with Crippen LogP contribution in [0.5, 0.6) is 0 Å². The number of benzene rings is 1. The van der Waals surface area contributed by atoms with Gasteiger partial charge in [-0.05, 0) is 32.9 Å². The van der Waals surface area contributed by atoms with Crippen molar-refractivity contribution in [1.82, 2.24) is 5.23 Å². The van der Waals surface area contributed by atoms with Crippen molar-refractivity contribution in [2.45, 2.75) is 20.8 Å². The molecule has 1 radical (unpaired) electrons. The van der Waals surface area contributed by atoms with Crippen molar-refractivity contribution in [2.75, 3.05) is 6.54 Å². The predicted octanol–water partition coefficient (Wildman–Crippen LogP) is 1.44. The number of nitrogens with one attached hydrogen (secondary N) is 1. The molecule has 1 aliphatic carbocycles. The molecule has 2 N–H and O–H groups in total. The molecule has 0 saturated heterocycles. The van der Waals surface area contributed by atoms with E-state index < -0.39 is 0 Å². The van der Waals surface area contributed by atoms with Crippen LogP contribution in [-0.2, 0) is 4.79 Å². The molecule has 1 aliphatic heterocycles. The summed E-state index contributed by atoms with van der Waals surface area (Å²) >= 11 is 0. The molecular formula is C19H21N3O3+. The number of hydrogen-bond donors (Lipinski definition) is 2. The van der Waals surface area contributed by atoms with Crippen molar-refractivity contribution in [2.24, 2.45) is 0 Å². The monoisotopic (exact) mass is 339 g/mol. The van der Waals surface area contributed by atoms with E-state index in [1.54, 1.807) is 0 Å². The number of carbonyl (C=O) groups excluding carboxylic acids is 1. The number of hydroxylamine groups is 2. The summed E-state index contributed by atoms with van der Waals surface area (Å²) in [6.45, 7) is 6.61. The molecule has 0 saturated carbocycles. The van der Waals surface area contributed by atoms with Crippen molar-refractivity contribution in [3.8, 4) is 0 Å². The van der Waals surface area contributed by atoms with Gasteiger partial charge in [0.1, 0.15) is 0 Å². The standard InChI is InChI=1S/C19H20N3O3/c1-13-8-14(2)19(15(3)9-13)21-7-6-20(12-21)11-16-10-17(22(24)25)4-5-18(16)23/h4-10,12,24H,11H2,1-3H3/p+1. The first-order chi connectivity index (χ1) is 11.8. The summed E-state index contributed by atoms with van der Waals surface area (Å²) < 4.78 is 1.90. The molecule has 1 aromatic carbocycles. The van der Waals surface area contributed by atoms with Gasteiger partial charge in [0.05, 0.1) is 11.6 Å². The molecule has 1 unspecified atom stereocenters. The Bertz CT molecular complexity index is 811. The Labute approximate surface area is 146 Å². The summed E-state index contributed by atoms with van der Waals surface area (Å²) in [5, 5.41) is 19.8. The minimum Gasteiger partial charge on any atom is -0.761 e. The number of ketones is 1. The lowest BCUT2D eigenvalue weighted by molar-refractivity contribution is -0.674. The highest BCUT2D eigenvalue weighted by molar-refractivity contribution is 6.05. The molecular weight excluding hydrogens is 318 g/mol. The molecule has 0 aromatic heterocycles. The molecule has 2 aliphatic rings. The van der Waals surface area contributed by atoms with Crippen LogP contribution in [-0.4, -0.2) is 33.7 Å². The lowest BCUT2D eigenvalue weighted by Gasteiger charge is -2.26. The van der Waals surface area contributed by atoms with E-state index in [-0.39, 0.29) is 17.1 Å². The first kappa shape index (κ1) is 17.4. The number of aryl methyl sites for hydroxylation is 3. The lowest BCUT2D eigenvalue weighted by Crippen LogP contribution is -3.01. The number of quaternary nitrogens is 1. The number of carbonyl (C=O) groups is 1. The molecule has 1 heterocycles. The molecule has 0 spiro atoms. The van der Waals surface area contributed by atoms with Crippen molar-refractivity contribution in [1.29, 1.82) is 0 Å². The summed E-state index contributed by atoms with van der Waals surface area (Å²) in [4.78, 5) is 13.1. The SMILES string of the molecule is Cc1cc(C)c([NH+]2C=C[N+](CC3=C[C](N([O-])O)C=CC3=O)=C2)c(C)c1. The number of rotatable bonds is 4.